The van der Waals surface area contributed by atoms with Gasteiger partial charge in [0, 0.05) is 18.4 Å². The van der Waals surface area contributed by atoms with Crippen LogP contribution in [0.4, 0.5) is 0 Å². The summed E-state index contributed by atoms with van der Waals surface area (Å²) in [5.41, 5.74) is 2.01. The SMILES string of the molecule is Cc1cccc2ncc(C(=O)N3CCn4nc(C#N)cc4C3)c(=O)n12. The largest absolute Gasteiger partial charge is 0.331 e. The standard InChI is InChI=1S/C17H14N6O2/c1-11-3-2-4-15-19-9-14(17(25)23(11)15)16(24)21-5-6-22-13(10-21)7-12(8-18)20-22/h2-4,7,9H,5-6,10H2,1H3. The Morgan fingerprint density at radius 1 is 1.32 bits per heavy atom. The van der Waals surface area contributed by atoms with Crippen LogP contribution in [0.1, 0.15) is 27.4 Å². The van der Waals surface area contributed by atoms with Gasteiger partial charge in [0.1, 0.15) is 17.3 Å². The highest BCUT2D eigenvalue weighted by atomic mass is 16.2. The van der Waals surface area contributed by atoms with Gasteiger partial charge in [-0.15, -0.1) is 0 Å². The van der Waals surface area contributed by atoms with Crippen LogP contribution >= 0.6 is 0 Å². The first-order valence-corrected chi connectivity index (χ1v) is 7.82. The van der Waals surface area contributed by atoms with E-state index < -0.39 is 0 Å². The zero-order valence-electron chi connectivity index (χ0n) is 13.5. The van der Waals surface area contributed by atoms with E-state index in [4.69, 9.17) is 5.26 Å². The number of rotatable bonds is 1. The summed E-state index contributed by atoms with van der Waals surface area (Å²) in [5.74, 6) is -0.360. The number of hydrogen-bond acceptors (Lipinski definition) is 5. The molecule has 4 rings (SSSR count). The monoisotopic (exact) mass is 334 g/mol. The van der Waals surface area contributed by atoms with Crippen LogP contribution in [-0.4, -0.2) is 36.5 Å². The van der Waals surface area contributed by atoms with Crippen LogP contribution in [0, 0.1) is 18.3 Å². The van der Waals surface area contributed by atoms with Crippen molar-refractivity contribution >= 4 is 11.6 Å². The Hall–Kier alpha value is -3.47. The molecular weight excluding hydrogens is 320 g/mol. The van der Waals surface area contributed by atoms with Gasteiger partial charge in [-0.05, 0) is 25.1 Å². The van der Waals surface area contributed by atoms with Crippen molar-refractivity contribution in [1.29, 1.82) is 5.26 Å². The molecule has 25 heavy (non-hydrogen) atoms. The molecule has 124 valence electrons. The van der Waals surface area contributed by atoms with Crippen LogP contribution in [0.2, 0.25) is 0 Å². The summed E-state index contributed by atoms with van der Waals surface area (Å²) in [6, 6.07) is 9.00. The average Bonchev–Trinajstić information content (AvgIpc) is 3.04. The van der Waals surface area contributed by atoms with E-state index in [2.05, 4.69) is 10.1 Å². The highest BCUT2D eigenvalue weighted by molar-refractivity contribution is 5.93. The van der Waals surface area contributed by atoms with Gasteiger partial charge < -0.3 is 4.90 Å². The third-order valence-electron chi connectivity index (χ3n) is 4.35. The Morgan fingerprint density at radius 3 is 2.96 bits per heavy atom. The maximum absolute atomic E-state index is 12.8. The van der Waals surface area contributed by atoms with Gasteiger partial charge in [-0.25, -0.2) is 4.98 Å². The molecule has 4 heterocycles. The number of fused-ring (bicyclic) bond motifs is 2. The van der Waals surface area contributed by atoms with Crippen molar-refractivity contribution in [2.45, 2.75) is 20.0 Å². The lowest BCUT2D eigenvalue weighted by Crippen LogP contribution is -2.41. The van der Waals surface area contributed by atoms with Crippen molar-refractivity contribution in [2.24, 2.45) is 0 Å². The summed E-state index contributed by atoms with van der Waals surface area (Å²) >= 11 is 0. The topological polar surface area (TPSA) is 96.3 Å². The molecule has 0 radical (unpaired) electrons. The fourth-order valence-corrected chi connectivity index (χ4v) is 3.09. The zero-order valence-corrected chi connectivity index (χ0v) is 13.5. The molecule has 0 atom stereocenters. The van der Waals surface area contributed by atoms with Gasteiger partial charge in [0.05, 0.1) is 18.8 Å². The predicted molar refractivity (Wildman–Crippen MR) is 87.9 cm³/mol. The van der Waals surface area contributed by atoms with E-state index in [0.29, 0.717) is 31.0 Å². The van der Waals surface area contributed by atoms with Gasteiger partial charge in [0.15, 0.2) is 5.69 Å². The first-order chi connectivity index (χ1) is 12.1. The number of nitrogens with zero attached hydrogens (tertiary/aromatic N) is 6. The predicted octanol–water partition coefficient (Wildman–Crippen LogP) is 0.727. The summed E-state index contributed by atoms with van der Waals surface area (Å²) in [4.78, 5) is 31.4. The Morgan fingerprint density at radius 2 is 2.16 bits per heavy atom. The van der Waals surface area contributed by atoms with Crippen molar-refractivity contribution in [3.63, 3.8) is 0 Å². The first kappa shape index (κ1) is 15.1. The molecule has 0 spiro atoms. The molecule has 8 heteroatoms. The number of amides is 1. The van der Waals surface area contributed by atoms with Crippen molar-refractivity contribution in [2.75, 3.05) is 6.54 Å². The molecule has 8 nitrogen and oxygen atoms in total. The minimum Gasteiger partial charge on any atom is -0.331 e. The molecule has 0 saturated carbocycles. The second-order valence-corrected chi connectivity index (χ2v) is 5.92. The molecule has 0 fully saturated rings. The molecule has 1 aliphatic rings. The lowest BCUT2D eigenvalue weighted by molar-refractivity contribution is 0.0703. The number of nitriles is 1. The number of aryl methyl sites for hydroxylation is 1. The Balaban J connectivity index is 1.71. The molecule has 3 aromatic rings. The minimum atomic E-state index is -0.370. The lowest BCUT2D eigenvalue weighted by Gasteiger charge is -2.27. The molecule has 0 bridgehead atoms. The summed E-state index contributed by atoms with van der Waals surface area (Å²) in [7, 11) is 0. The van der Waals surface area contributed by atoms with Crippen LogP contribution in [0.5, 0.6) is 0 Å². The van der Waals surface area contributed by atoms with Crippen molar-refractivity contribution < 1.29 is 4.79 Å². The summed E-state index contributed by atoms with van der Waals surface area (Å²) in [6.07, 6.45) is 1.34. The van der Waals surface area contributed by atoms with Crippen molar-refractivity contribution in [3.8, 4) is 6.07 Å². The fraction of sp³-hybridized carbons (Fsp3) is 0.235. The Bertz CT molecular complexity index is 1100. The van der Waals surface area contributed by atoms with E-state index >= 15 is 0 Å². The van der Waals surface area contributed by atoms with Gasteiger partial charge in [0.25, 0.3) is 11.5 Å². The first-order valence-electron chi connectivity index (χ1n) is 7.82. The number of pyridine rings is 1. The van der Waals surface area contributed by atoms with Gasteiger partial charge in [-0.2, -0.15) is 10.4 Å². The molecule has 0 unspecified atom stereocenters. The number of carbonyl (C=O) groups excluding carboxylic acids is 1. The average molecular weight is 334 g/mol. The number of carbonyl (C=O) groups is 1. The van der Waals surface area contributed by atoms with E-state index in [-0.39, 0.29) is 17.0 Å². The second kappa shape index (κ2) is 5.56. The normalized spacial score (nSPS) is 13.5. The maximum Gasteiger partial charge on any atom is 0.270 e. The van der Waals surface area contributed by atoms with E-state index in [0.717, 1.165) is 11.4 Å². The fourth-order valence-electron chi connectivity index (χ4n) is 3.09. The van der Waals surface area contributed by atoms with E-state index in [9.17, 15) is 9.59 Å². The molecule has 1 amide bonds. The van der Waals surface area contributed by atoms with Crippen LogP contribution in [0.3, 0.4) is 0 Å². The van der Waals surface area contributed by atoms with Crippen LogP contribution < -0.4 is 5.56 Å². The zero-order chi connectivity index (χ0) is 17.6. The third kappa shape index (κ3) is 2.37. The van der Waals surface area contributed by atoms with E-state index in [1.165, 1.54) is 10.6 Å². The quantitative estimate of drug-likeness (QED) is 0.653. The van der Waals surface area contributed by atoms with E-state index in [1.807, 2.05) is 12.1 Å². The Kier molecular flexibility index (Phi) is 3.35. The highest BCUT2D eigenvalue weighted by Crippen LogP contribution is 2.15. The van der Waals surface area contributed by atoms with E-state index in [1.54, 1.807) is 34.7 Å². The number of hydrogen-bond donors (Lipinski definition) is 0. The van der Waals surface area contributed by atoms with Gasteiger partial charge in [-0.3, -0.25) is 18.7 Å². The third-order valence-corrected chi connectivity index (χ3v) is 4.35. The van der Waals surface area contributed by atoms with Crippen LogP contribution in [-0.2, 0) is 13.1 Å². The smallest absolute Gasteiger partial charge is 0.270 e. The molecule has 0 aromatic carbocycles. The molecule has 0 N–H and O–H groups in total. The minimum absolute atomic E-state index is 0.0419. The molecule has 1 aliphatic heterocycles. The summed E-state index contributed by atoms with van der Waals surface area (Å²) in [6.45, 7) is 3.02. The maximum atomic E-state index is 12.8. The highest BCUT2D eigenvalue weighted by Gasteiger charge is 2.25. The van der Waals surface area contributed by atoms with Gasteiger partial charge in [0.2, 0.25) is 0 Å². The molecule has 3 aromatic heterocycles. The summed E-state index contributed by atoms with van der Waals surface area (Å²) in [5, 5.41) is 13.1. The molecule has 0 saturated heterocycles. The lowest BCUT2D eigenvalue weighted by atomic mass is 10.2. The summed E-state index contributed by atoms with van der Waals surface area (Å²) < 4.78 is 3.16. The van der Waals surface area contributed by atoms with Crippen molar-refractivity contribution in [1.82, 2.24) is 24.1 Å². The number of aromatic nitrogens is 4. The van der Waals surface area contributed by atoms with Crippen LogP contribution in [0.15, 0.2) is 35.3 Å². The molecule has 0 aliphatic carbocycles. The van der Waals surface area contributed by atoms with Crippen LogP contribution in [0.25, 0.3) is 5.65 Å². The Labute approximate surface area is 142 Å². The van der Waals surface area contributed by atoms with Gasteiger partial charge in [-0.1, -0.05) is 6.07 Å². The van der Waals surface area contributed by atoms with Gasteiger partial charge >= 0.3 is 0 Å². The molecular formula is C17H14N6O2. The second-order valence-electron chi connectivity index (χ2n) is 5.92. The van der Waals surface area contributed by atoms with Crippen molar-refractivity contribution in [3.05, 3.63) is 63.5 Å².